The minimum Gasteiger partial charge on any atom is -0.490 e. The number of thioether (sulfide) groups is 1. The number of carbonyl (C=O) groups is 1. The number of amides is 1. The lowest BCUT2D eigenvalue weighted by atomic mass is 10.1. The van der Waals surface area contributed by atoms with E-state index < -0.39 is 0 Å². The van der Waals surface area contributed by atoms with E-state index in [4.69, 9.17) is 33.3 Å². The molecule has 4 nitrogen and oxygen atoms in total. The summed E-state index contributed by atoms with van der Waals surface area (Å²) in [5, 5.41) is 0.648. The first kappa shape index (κ1) is 21.2. The Balaban J connectivity index is 1.89. The number of hydrogen-bond donors (Lipinski definition) is 0. The lowest BCUT2D eigenvalue weighted by Crippen LogP contribution is -2.22. The summed E-state index contributed by atoms with van der Waals surface area (Å²) in [7, 11) is 1.67. The number of halogens is 2. The number of benzene rings is 2. The maximum Gasteiger partial charge on any atom is 0.265 e. The van der Waals surface area contributed by atoms with Crippen LogP contribution in [0.5, 0.6) is 11.5 Å². The molecular weight excluding hydrogens is 482 g/mol. The van der Waals surface area contributed by atoms with Crippen molar-refractivity contribution >= 4 is 67.8 Å². The molecule has 0 atom stereocenters. The van der Waals surface area contributed by atoms with Crippen molar-refractivity contribution in [1.29, 1.82) is 0 Å². The van der Waals surface area contributed by atoms with Crippen molar-refractivity contribution < 1.29 is 14.3 Å². The maximum absolute atomic E-state index is 12.2. The molecule has 28 heavy (non-hydrogen) atoms. The Labute approximate surface area is 187 Å². The normalized spacial score (nSPS) is 15.4. The van der Waals surface area contributed by atoms with Gasteiger partial charge in [-0.3, -0.25) is 9.69 Å². The van der Waals surface area contributed by atoms with Crippen molar-refractivity contribution in [3.63, 3.8) is 0 Å². The summed E-state index contributed by atoms with van der Waals surface area (Å²) in [5.41, 5.74) is 1.70. The van der Waals surface area contributed by atoms with Crippen molar-refractivity contribution in [2.75, 3.05) is 13.7 Å². The van der Waals surface area contributed by atoms with Gasteiger partial charge in [-0.25, -0.2) is 0 Å². The van der Waals surface area contributed by atoms with Gasteiger partial charge in [0, 0.05) is 17.6 Å². The molecule has 1 aliphatic heterocycles. The molecule has 0 aromatic heterocycles. The zero-order valence-electron chi connectivity index (χ0n) is 15.2. The molecule has 0 N–H and O–H groups in total. The molecule has 0 saturated carbocycles. The van der Waals surface area contributed by atoms with Gasteiger partial charge in [0.15, 0.2) is 11.5 Å². The number of rotatable bonds is 6. The number of nitrogens with zero attached hydrogens (tertiary/aromatic N) is 1. The minimum absolute atomic E-state index is 0.108. The molecule has 0 unspecified atom stereocenters. The Morgan fingerprint density at radius 3 is 2.68 bits per heavy atom. The van der Waals surface area contributed by atoms with E-state index in [-0.39, 0.29) is 5.91 Å². The summed E-state index contributed by atoms with van der Waals surface area (Å²) in [6.45, 7) is 2.70. The Bertz CT molecular complexity index is 964. The van der Waals surface area contributed by atoms with Crippen LogP contribution in [0.2, 0.25) is 5.02 Å². The number of likely N-dealkylation sites (N-methyl/N-ethyl adjacent to an activating group) is 1. The predicted octanol–water partition coefficient (Wildman–Crippen LogP) is 5.91. The SMILES string of the molecule is CCOc1cc(C=C2SC(=S)N(C)C2=O)cc(Br)c1OCc1ccccc1Cl. The van der Waals surface area contributed by atoms with Gasteiger partial charge in [0.25, 0.3) is 5.91 Å². The first-order valence-electron chi connectivity index (χ1n) is 8.44. The van der Waals surface area contributed by atoms with Crippen LogP contribution in [0.15, 0.2) is 45.8 Å². The topological polar surface area (TPSA) is 38.8 Å². The molecule has 2 aromatic rings. The lowest BCUT2D eigenvalue weighted by molar-refractivity contribution is -0.121. The first-order chi connectivity index (χ1) is 13.4. The highest BCUT2D eigenvalue weighted by atomic mass is 79.9. The van der Waals surface area contributed by atoms with E-state index >= 15 is 0 Å². The molecule has 1 saturated heterocycles. The average molecular weight is 499 g/mol. The number of ether oxygens (including phenoxy) is 2. The third kappa shape index (κ3) is 4.71. The van der Waals surface area contributed by atoms with Crippen LogP contribution >= 0.6 is 51.5 Å². The van der Waals surface area contributed by atoms with Crippen molar-refractivity contribution in [2.24, 2.45) is 0 Å². The summed E-state index contributed by atoms with van der Waals surface area (Å²) in [5.74, 6) is 1.06. The standard InChI is InChI=1S/C20H17BrClNO3S2/c1-3-25-16-9-12(10-17-19(24)23(2)20(27)28-17)8-14(21)18(16)26-11-13-6-4-5-7-15(13)22/h4-10H,3,11H2,1-2H3. The highest BCUT2D eigenvalue weighted by Gasteiger charge is 2.28. The highest BCUT2D eigenvalue weighted by molar-refractivity contribution is 9.10. The fourth-order valence-corrected chi connectivity index (χ4v) is 4.48. The summed E-state index contributed by atoms with van der Waals surface area (Å²) in [4.78, 5) is 14.3. The molecule has 8 heteroatoms. The molecule has 0 radical (unpaired) electrons. The molecule has 3 rings (SSSR count). The van der Waals surface area contributed by atoms with E-state index in [1.807, 2.05) is 43.3 Å². The summed E-state index contributed by atoms with van der Waals surface area (Å²) >= 11 is 16.2. The van der Waals surface area contributed by atoms with Crippen LogP contribution in [0.1, 0.15) is 18.1 Å². The second-order valence-corrected chi connectivity index (χ2v) is 8.82. The lowest BCUT2D eigenvalue weighted by Gasteiger charge is -2.15. The van der Waals surface area contributed by atoms with Crippen molar-refractivity contribution in [3.8, 4) is 11.5 Å². The van der Waals surface area contributed by atoms with Crippen LogP contribution in [-0.4, -0.2) is 28.8 Å². The van der Waals surface area contributed by atoms with Crippen LogP contribution in [0.4, 0.5) is 0 Å². The minimum atomic E-state index is -0.108. The highest BCUT2D eigenvalue weighted by Crippen LogP contribution is 2.39. The second-order valence-electron chi connectivity index (χ2n) is 5.88. The second kappa shape index (κ2) is 9.31. The Kier molecular flexibility index (Phi) is 7.04. The Hall–Kier alpha value is -1.54. The molecule has 2 aromatic carbocycles. The molecule has 1 aliphatic rings. The van der Waals surface area contributed by atoms with Crippen molar-refractivity contribution in [2.45, 2.75) is 13.5 Å². The average Bonchev–Trinajstić information content (AvgIpc) is 2.89. The zero-order chi connectivity index (χ0) is 20.3. The maximum atomic E-state index is 12.2. The Morgan fingerprint density at radius 2 is 2.04 bits per heavy atom. The number of hydrogen-bond acceptors (Lipinski definition) is 5. The number of thiocarbonyl (C=S) groups is 1. The molecule has 1 amide bonds. The zero-order valence-corrected chi connectivity index (χ0v) is 19.2. The van der Waals surface area contributed by atoms with Crippen LogP contribution < -0.4 is 9.47 Å². The van der Waals surface area contributed by atoms with Gasteiger partial charge in [-0.15, -0.1) is 0 Å². The Morgan fingerprint density at radius 1 is 1.29 bits per heavy atom. The molecule has 1 heterocycles. The van der Waals surface area contributed by atoms with Gasteiger partial charge in [-0.2, -0.15) is 0 Å². The van der Waals surface area contributed by atoms with Crippen LogP contribution in [0, 0.1) is 0 Å². The van der Waals surface area contributed by atoms with Gasteiger partial charge in [-0.1, -0.05) is 53.8 Å². The molecule has 0 spiro atoms. The molecule has 0 bridgehead atoms. The predicted molar refractivity (Wildman–Crippen MR) is 122 cm³/mol. The van der Waals surface area contributed by atoms with Crippen LogP contribution in [0.3, 0.4) is 0 Å². The van der Waals surface area contributed by atoms with Gasteiger partial charge >= 0.3 is 0 Å². The van der Waals surface area contributed by atoms with E-state index in [9.17, 15) is 4.79 Å². The fourth-order valence-electron chi connectivity index (χ4n) is 2.54. The summed E-state index contributed by atoms with van der Waals surface area (Å²) in [6.07, 6.45) is 1.80. The van der Waals surface area contributed by atoms with Gasteiger partial charge in [0.2, 0.25) is 0 Å². The fraction of sp³-hybridized carbons (Fsp3) is 0.200. The monoisotopic (exact) mass is 497 g/mol. The summed E-state index contributed by atoms with van der Waals surface area (Å²) < 4.78 is 13.0. The van der Waals surface area contributed by atoms with Crippen LogP contribution in [0.25, 0.3) is 6.08 Å². The van der Waals surface area contributed by atoms with Crippen molar-refractivity contribution in [1.82, 2.24) is 4.90 Å². The third-order valence-electron chi connectivity index (χ3n) is 3.95. The van der Waals surface area contributed by atoms with Gasteiger partial charge < -0.3 is 9.47 Å². The van der Waals surface area contributed by atoms with E-state index in [0.29, 0.717) is 39.0 Å². The first-order valence-corrected chi connectivity index (χ1v) is 10.8. The quantitative estimate of drug-likeness (QED) is 0.366. The van der Waals surface area contributed by atoms with E-state index in [1.54, 1.807) is 13.1 Å². The smallest absolute Gasteiger partial charge is 0.265 e. The third-order valence-corrected chi connectivity index (χ3v) is 6.39. The molecule has 146 valence electrons. The van der Waals surface area contributed by atoms with Crippen LogP contribution in [-0.2, 0) is 11.4 Å². The molecule has 1 fully saturated rings. The van der Waals surface area contributed by atoms with E-state index in [2.05, 4.69) is 15.9 Å². The largest absolute Gasteiger partial charge is 0.490 e. The van der Waals surface area contributed by atoms with Crippen molar-refractivity contribution in [3.05, 3.63) is 61.9 Å². The molecular formula is C20H17BrClNO3S2. The summed E-state index contributed by atoms with van der Waals surface area (Å²) in [6, 6.07) is 11.3. The molecule has 0 aliphatic carbocycles. The van der Waals surface area contributed by atoms with E-state index in [1.165, 1.54) is 16.7 Å². The van der Waals surface area contributed by atoms with Gasteiger partial charge in [-0.05, 0) is 52.7 Å². The van der Waals surface area contributed by atoms with Gasteiger partial charge in [0.1, 0.15) is 10.9 Å². The number of carbonyl (C=O) groups excluding carboxylic acids is 1. The van der Waals surface area contributed by atoms with E-state index in [0.717, 1.165) is 15.6 Å². The van der Waals surface area contributed by atoms with Gasteiger partial charge in [0.05, 0.1) is 16.0 Å².